The highest BCUT2D eigenvalue weighted by molar-refractivity contribution is 6.17. The summed E-state index contributed by atoms with van der Waals surface area (Å²) in [7, 11) is 1.58. The molecule has 1 aromatic rings. The number of methoxy groups -OCH3 is 1. The van der Waals surface area contributed by atoms with Gasteiger partial charge >= 0.3 is 5.79 Å². The molecular formula is C13H16N4O4. The molecule has 1 aliphatic rings. The van der Waals surface area contributed by atoms with Crippen molar-refractivity contribution in [3.05, 3.63) is 34.4 Å². The molecule has 8 heteroatoms. The van der Waals surface area contributed by atoms with E-state index in [0.29, 0.717) is 0 Å². The Morgan fingerprint density at radius 2 is 2.00 bits per heavy atom. The van der Waals surface area contributed by atoms with Gasteiger partial charge in [-0.1, -0.05) is 0 Å². The Hall–Kier alpha value is -2.48. The maximum atomic E-state index is 11.0. The van der Waals surface area contributed by atoms with Crippen LogP contribution in [0.3, 0.4) is 0 Å². The van der Waals surface area contributed by atoms with Crippen LogP contribution >= 0.6 is 0 Å². The normalized spacial score (nSPS) is 16.7. The second-order valence-corrected chi connectivity index (χ2v) is 4.56. The molecule has 0 fully saturated rings. The molecule has 0 aliphatic carbocycles. The third kappa shape index (κ3) is 3.54. The number of rotatable bonds is 7. The number of hydrogen-bond donors (Lipinski definition) is 2. The number of aliphatic hydroxyl groups excluding tert-OH is 1. The number of aliphatic hydroxyl groups is 1. The predicted octanol–water partition coefficient (Wildman–Crippen LogP) is 0.944. The van der Waals surface area contributed by atoms with Crippen molar-refractivity contribution in [2.45, 2.75) is 18.3 Å². The molecule has 2 N–H and O–H groups in total. The number of anilines is 1. The molecular weight excluding hydrogens is 276 g/mol. The molecule has 0 saturated carbocycles. The summed E-state index contributed by atoms with van der Waals surface area (Å²) in [5, 5.41) is 24.0. The molecule has 0 aromatic heterocycles. The van der Waals surface area contributed by atoms with Crippen molar-refractivity contribution in [3.8, 4) is 5.75 Å². The van der Waals surface area contributed by atoms with Crippen LogP contribution in [0.2, 0.25) is 0 Å². The van der Waals surface area contributed by atoms with Crippen molar-refractivity contribution >= 4 is 18.1 Å². The third-order valence-electron chi connectivity index (χ3n) is 3.06. The van der Waals surface area contributed by atoms with E-state index in [1.54, 1.807) is 31.4 Å². The first kappa shape index (κ1) is 14.9. The van der Waals surface area contributed by atoms with Crippen LogP contribution in [0.1, 0.15) is 6.42 Å². The van der Waals surface area contributed by atoms with Crippen molar-refractivity contribution in [2.75, 3.05) is 19.0 Å². The van der Waals surface area contributed by atoms with E-state index in [9.17, 15) is 15.2 Å². The van der Waals surface area contributed by atoms with Gasteiger partial charge in [0.05, 0.1) is 24.6 Å². The molecule has 0 amide bonds. The van der Waals surface area contributed by atoms with Crippen molar-refractivity contribution in [1.82, 2.24) is 0 Å². The summed E-state index contributed by atoms with van der Waals surface area (Å²) in [6.07, 6.45) is 1.40. The highest BCUT2D eigenvalue weighted by Crippen LogP contribution is 2.23. The number of nitrogens with zero attached hydrogens (tertiary/aromatic N) is 3. The minimum Gasteiger partial charge on any atom is -0.497 e. The Morgan fingerprint density at radius 3 is 2.52 bits per heavy atom. The van der Waals surface area contributed by atoms with Gasteiger partial charge in [-0.05, 0) is 24.3 Å². The molecule has 8 nitrogen and oxygen atoms in total. The Labute approximate surface area is 121 Å². The lowest BCUT2D eigenvalue weighted by molar-refractivity contribution is -0.568. The molecule has 0 bridgehead atoms. The van der Waals surface area contributed by atoms with Gasteiger partial charge in [0.1, 0.15) is 5.75 Å². The molecule has 0 spiro atoms. The van der Waals surface area contributed by atoms with Gasteiger partial charge in [0.25, 0.3) is 0 Å². The minimum absolute atomic E-state index is 0.160. The summed E-state index contributed by atoms with van der Waals surface area (Å²) >= 11 is 0. The van der Waals surface area contributed by atoms with E-state index in [1.807, 2.05) is 0 Å². The lowest BCUT2D eigenvalue weighted by atomic mass is 10.1. The van der Waals surface area contributed by atoms with E-state index in [4.69, 9.17) is 4.74 Å². The predicted molar refractivity (Wildman–Crippen MR) is 78.8 cm³/mol. The average Bonchev–Trinajstić information content (AvgIpc) is 2.95. The van der Waals surface area contributed by atoms with Crippen molar-refractivity contribution in [2.24, 2.45) is 9.98 Å². The quantitative estimate of drug-likeness (QED) is 0.574. The zero-order valence-electron chi connectivity index (χ0n) is 11.5. The fourth-order valence-corrected chi connectivity index (χ4v) is 1.95. The zero-order chi connectivity index (χ0) is 15.3. The van der Waals surface area contributed by atoms with Crippen LogP contribution in [0.5, 0.6) is 5.75 Å². The number of ether oxygens (including phenoxy) is 1. The highest BCUT2D eigenvalue weighted by Gasteiger charge is 2.45. The van der Waals surface area contributed by atoms with E-state index in [2.05, 4.69) is 15.3 Å². The average molecular weight is 292 g/mol. The number of aliphatic imine (C=N–C) groups is 2. The monoisotopic (exact) mass is 292 g/mol. The van der Waals surface area contributed by atoms with Gasteiger partial charge in [-0.2, -0.15) is 9.98 Å². The Balaban J connectivity index is 1.89. The first-order valence-electron chi connectivity index (χ1n) is 6.35. The fraction of sp³-hybridized carbons (Fsp3) is 0.385. The number of hydrogen-bond acceptors (Lipinski definition) is 7. The third-order valence-corrected chi connectivity index (χ3v) is 3.06. The lowest BCUT2D eigenvalue weighted by Crippen LogP contribution is -2.38. The Kier molecular flexibility index (Phi) is 4.49. The Bertz CT molecular complexity index is 544. The van der Waals surface area contributed by atoms with E-state index < -0.39 is 16.8 Å². The second kappa shape index (κ2) is 6.31. The molecule has 112 valence electrons. The van der Waals surface area contributed by atoms with Crippen molar-refractivity contribution < 1.29 is 14.8 Å². The summed E-state index contributed by atoms with van der Waals surface area (Å²) in [6, 6.07) is 7.14. The molecule has 1 unspecified atom stereocenters. The van der Waals surface area contributed by atoms with Crippen LogP contribution in [0.4, 0.5) is 5.69 Å². The van der Waals surface area contributed by atoms with Gasteiger partial charge in [-0.3, -0.25) is 10.1 Å². The molecule has 1 aliphatic heterocycles. The summed E-state index contributed by atoms with van der Waals surface area (Å²) in [4.78, 5) is 17.9. The molecule has 1 heterocycles. The number of benzene rings is 1. The second-order valence-electron chi connectivity index (χ2n) is 4.56. The van der Waals surface area contributed by atoms with Gasteiger partial charge in [-0.15, -0.1) is 0 Å². The van der Waals surface area contributed by atoms with E-state index in [1.165, 1.54) is 12.4 Å². The topological polar surface area (TPSA) is 109 Å². The molecule has 1 atom stereocenters. The van der Waals surface area contributed by atoms with Crippen LogP contribution in [-0.2, 0) is 0 Å². The Morgan fingerprint density at radius 1 is 1.38 bits per heavy atom. The SMILES string of the molecule is COc1ccc(NCC(O)CC2([N+](=O)[O-])N=CC=N2)cc1. The molecule has 0 radical (unpaired) electrons. The standard InChI is InChI=1S/C13H16N4O4/c1-21-12-4-2-10(3-5-12)14-9-11(18)8-13(17(19)20)15-6-7-16-13/h2-7,11,14,18H,8-9H2,1H3. The van der Waals surface area contributed by atoms with E-state index >= 15 is 0 Å². The van der Waals surface area contributed by atoms with Crippen LogP contribution in [0.15, 0.2) is 34.3 Å². The maximum Gasteiger partial charge on any atom is 0.414 e. The lowest BCUT2D eigenvalue weighted by Gasteiger charge is -2.18. The summed E-state index contributed by atoms with van der Waals surface area (Å²) in [5.41, 5.74) is 0.781. The molecule has 2 rings (SSSR count). The van der Waals surface area contributed by atoms with Gasteiger partial charge in [0.15, 0.2) is 0 Å². The fourth-order valence-electron chi connectivity index (χ4n) is 1.95. The first-order chi connectivity index (χ1) is 10.1. The zero-order valence-corrected chi connectivity index (χ0v) is 11.5. The number of nitrogens with one attached hydrogen (secondary N) is 1. The van der Waals surface area contributed by atoms with Crippen molar-refractivity contribution in [1.29, 1.82) is 0 Å². The van der Waals surface area contributed by atoms with Gasteiger partial charge in [0.2, 0.25) is 0 Å². The van der Waals surface area contributed by atoms with Crippen molar-refractivity contribution in [3.63, 3.8) is 0 Å². The van der Waals surface area contributed by atoms with Gasteiger partial charge in [0, 0.05) is 24.7 Å². The van der Waals surface area contributed by atoms with Crippen LogP contribution in [-0.4, -0.2) is 48.0 Å². The van der Waals surface area contributed by atoms with Crippen LogP contribution in [0, 0.1) is 10.1 Å². The van der Waals surface area contributed by atoms with E-state index in [-0.39, 0.29) is 13.0 Å². The maximum absolute atomic E-state index is 11.0. The highest BCUT2D eigenvalue weighted by atomic mass is 16.6. The first-order valence-corrected chi connectivity index (χ1v) is 6.35. The number of nitro groups is 1. The molecule has 1 aromatic carbocycles. The molecule has 21 heavy (non-hydrogen) atoms. The van der Waals surface area contributed by atoms with E-state index in [0.717, 1.165) is 11.4 Å². The largest absolute Gasteiger partial charge is 0.497 e. The van der Waals surface area contributed by atoms with Crippen LogP contribution in [0.25, 0.3) is 0 Å². The summed E-state index contributed by atoms with van der Waals surface area (Å²) < 4.78 is 5.04. The summed E-state index contributed by atoms with van der Waals surface area (Å²) in [5.74, 6) is -1.07. The van der Waals surface area contributed by atoms with Gasteiger partial charge in [-0.25, -0.2) is 0 Å². The van der Waals surface area contributed by atoms with Crippen LogP contribution < -0.4 is 10.1 Å². The molecule has 0 saturated heterocycles. The minimum atomic E-state index is -1.79. The smallest absolute Gasteiger partial charge is 0.414 e. The van der Waals surface area contributed by atoms with Gasteiger partial charge < -0.3 is 15.2 Å². The summed E-state index contributed by atoms with van der Waals surface area (Å²) in [6.45, 7) is 0.160.